The highest BCUT2D eigenvalue weighted by molar-refractivity contribution is 9.10. The second-order valence-corrected chi connectivity index (χ2v) is 11.8. The van der Waals surface area contributed by atoms with Crippen molar-refractivity contribution >= 4 is 80.2 Å². The Morgan fingerprint density at radius 2 is 1.85 bits per heavy atom. The minimum absolute atomic E-state index is 0. The first-order chi connectivity index (χ1) is 18.5. The van der Waals surface area contributed by atoms with E-state index in [0.29, 0.717) is 27.3 Å². The molecule has 0 spiro atoms. The SMILES string of the molecule is CCOC(=O)CS(=O)(=O)N(C/C=C/c1cccc(C(=N)N)c1)c1ccc(OC2CCN(C(C)=N)CC2)c(Br)c1.Cl.Cl. The molecule has 14 heteroatoms. The smallest absolute Gasteiger partial charge is 0.323 e. The Morgan fingerprint density at radius 3 is 2.44 bits per heavy atom. The number of rotatable bonds is 11. The van der Waals surface area contributed by atoms with Gasteiger partial charge in [0.05, 0.1) is 29.1 Å². The van der Waals surface area contributed by atoms with E-state index in [0.717, 1.165) is 35.8 Å². The van der Waals surface area contributed by atoms with Gasteiger partial charge in [-0.25, -0.2) is 8.42 Å². The molecule has 0 atom stereocenters. The van der Waals surface area contributed by atoms with E-state index in [2.05, 4.69) is 15.9 Å². The van der Waals surface area contributed by atoms with E-state index >= 15 is 0 Å². The van der Waals surface area contributed by atoms with Gasteiger partial charge in [0.25, 0.3) is 0 Å². The van der Waals surface area contributed by atoms with Crippen LogP contribution in [0, 0.1) is 10.8 Å². The van der Waals surface area contributed by atoms with Crippen LogP contribution in [0.3, 0.4) is 0 Å². The standard InChI is InChI=1S/C27H34BrN5O5S.2ClH/c1-3-37-26(34)18-39(35,36)33(13-5-7-20-6-4-8-21(16-20)27(30)31)22-9-10-25(24(28)17-22)38-23-11-14-32(15-12-23)19(2)29;;/h4-10,16-17,23,29H,3,11-15,18H2,1-2H3,(H3,30,31);2*1H/b7-5+,29-19?;;. The van der Waals surface area contributed by atoms with Gasteiger partial charge in [0, 0.05) is 31.5 Å². The van der Waals surface area contributed by atoms with Gasteiger partial charge in [-0.05, 0) is 59.6 Å². The largest absolute Gasteiger partial charge is 0.489 e. The highest BCUT2D eigenvalue weighted by Gasteiger charge is 2.27. The highest BCUT2D eigenvalue weighted by Crippen LogP contribution is 2.33. The molecule has 0 radical (unpaired) electrons. The van der Waals surface area contributed by atoms with E-state index in [-0.39, 0.29) is 49.9 Å². The minimum atomic E-state index is -4.08. The minimum Gasteiger partial charge on any atom is -0.489 e. The normalized spacial score (nSPS) is 13.6. The van der Waals surface area contributed by atoms with Crippen LogP contribution in [0.5, 0.6) is 5.75 Å². The fourth-order valence-corrected chi connectivity index (χ4v) is 5.88. The number of nitrogens with two attached hydrogens (primary N) is 1. The average molecular weight is 693 g/mol. The van der Waals surface area contributed by atoms with Crippen molar-refractivity contribution in [1.82, 2.24) is 4.90 Å². The van der Waals surface area contributed by atoms with Crippen LogP contribution in [0.4, 0.5) is 5.69 Å². The Bertz CT molecular complexity index is 1350. The summed E-state index contributed by atoms with van der Waals surface area (Å²) in [4.78, 5) is 14.1. The Hall–Kier alpha value is -2.80. The first-order valence-corrected chi connectivity index (χ1v) is 14.9. The van der Waals surface area contributed by atoms with Crippen LogP contribution in [0.15, 0.2) is 53.0 Å². The highest BCUT2D eigenvalue weighted by atomic mass is 79.9. The summed E-state index contributed by atoms with van der Waals surface area (Å²) >= 11 is 3.51. The summed E-state index contributed by atoms with van der Waals surface area (Å²) in [6.45, 7) is 4.92. The average Bonchev–Trinajstić information content (AvgIpc) is 2.88. The number of halogens is 3. The fourth-order valence-electron chi connectivity index (χ4n) is 4.13. The second-order valence-electron chi connectivity index (χ2n) is 9.04. The molecule has 1 aliphatic heterocycles. The van der Waals surface area contributed by atoms with E-state index in [4.69, 9.17) is 26.0 Å². The van der Waals surface area contributed by atoms with Crippen molar-refractivity contribution in [3.63, 3.8) is 0 Å². The predicted molar refractivity (Wildman–Crippen MR) is 172 cm³/mol. The van der Waals surface area contributed by atoms with Crippen LogP contribution < -0.4 is 14.8 Å². The molecule has 41 heavy (non-hydrogen) atoms. The number of nitrogen functional groups attached to an aromatic ring is 1. The second kappa shape index (κ2) is 16.6. The zero-order valence-corrected chi connectivity index (χ0v) is 26.9. The van der Waals surface area contributed by atoms with E-state index in [1.165, 1.54) is 0 Å². The number of esters is 1. The summed E-state index contributed by atoms with van der Waals surface area (Å²) in [7, 11) is -4.08. The van der Waals surface area contributed by atoms with Crippen molar-refractivity contribution < 1.29 is 22.7 Å². The predicted octanol–water partition coefficient (Wildman–Crippen LogP) is 4.83. The van der Waals surface area contributed by atoms with Gasteiger partial charge in [0.2, 0.25) is 10.0 Å². The molecule has 226 valence electrons. The maximum Gasteiger partial charge on any atom is 0.323 e. The van der Waals surface area contributed by atoms with Gasteiger partial charge in [-0.1, -0.05) is 30.4 Å². The van der Waals surface area contributed by atoms with Gasteiger partial charge < -0.3 is 20.1 Å². The third kappa shape index (κ3) is 10.5. The fraction of sp³-hybridized carbons (Fsp3) is 0.370. The molecule has 0 saturated carbocycles. The molecule has 0 unspecified atom stereocenters. The number of hydrogen-bond donors (Lipinski definition) is 3. The Kier molecular flexibility index (Phi) is 14.7. The molecule has 0 bridgehead atoms. The van der Waals surface area contributed by atoms with Crippen molar-refractivity contribution in [2.45, 2.75) is 32.8 Å². The molecular weight excluding hydrogens is 657 g/mol. The molecule has 3 rings (SSSR count). The summed E-state index contributed by atoms with van der Waals surface area (Å²) in [6, 6.07) is 12.0. The zero-order valence-electron chi connectivity index (χ0n) is 22.8. The van der Waals surface area contributed by atoms with E-state index in [9.17, 15) is 13.2 Å². The lowest BCUT2D eigenvalue weighted by Gasteiger charge is -2.33. The quantitative estimate of drug-likeness (QED) is 0.173. The summed E-state index contributed by atoms with van der Waals surface area (Å²) in [5, 5.41) is 15.4. The van der Waals surface area contributed by atoms with Gasteiger partial charge in [-0.2, -0.15) is 0 Å². The van der Waals surface area contributed by atoms with Crippen molar-refractivity contribution in [3.8, 4) is 5.75 Å². The topological polar surface area (TPSA) is 150 Å². The lowest BCUT2D eigenvalue weighted by Crippen LogP contribution is -2.40. The number of anilines is 1. The molecule has 1 heterocycles. The van der Waals surface area contributed by atoms with Crippen LogP contribution in [0.2, 0.25) is 0 Å². The van der Waals surface area contributed by atoms with Gasteiger partial charge in [-0.3, -0.25) is 19.9 Å². The van der Waals surface area contributed by atoms with Crippen molar-refractivity contribution in [1.29, 1.82) is 10.8 Å². The molecule has 0 aromatic heterocycles. The number of nitrogens with zero attached hydrogens (tertiary/aromatic N) is 2. The zero-order chi connectivity index (χ0) is 28.6. The van der Waals surface area contributed by atoms with Gasteiger partial charge >= 0.3 is 5.97 Å². The molecule has 2 aromatic carbocycles. The third-order valence-corrected chi connectivity index (χ3v) is 8.39. The molecule has 4 N–H and O–H groups in total. The Labute approximate surface area is 262 Å². The van der Waals surface area contributed by atoms with Crippen molar-refractivity contribution in [2.75, 3.05) is 36.3 Å². The number of hydrogen-bond acceptors (Lipinski definition) is 7. The number of carbonyl (C=O) groups is 1. The van der Waals surface area contributed by atoms with Gasteiger partial charge in [-0.15, -0.1) is 24.8 Å². The lowest BCUT2D eigenvalue weighted by atomic mass is 10.1. The monoisotopic (exact) mass is 691 g/mol. The van der Waals surface area contributed by atoms with Crippen molar-refractivity contribution in [2.24, 2.45) is 5.73 Å². The van der Waals surface area contributed by atoms with Crippen LogP contribution >= 0.6 is 40.7 Å². The first-order valence-electron chi connectivity index (χ1n) is 12.5. The third-order valence-electron chi connectivity index (χ3n) is 6.13. The molecule has 10 nitrogen and oxygen atoms in total. The molecular formula is C27H36BrCl2N5O5S. The number of likely N-dealkylation sites (tertiary alicyclic amines) is 1. The molecule has 0 amide bonds. The summed E-state index contributed by atoms with van der Waals surface area (Å²) in [5.41, 5.74) is 7.23. The number of benzene rings is 2. The van der Waals surface area contributed by atoms with Crippen LogP contribution in [0.1, 0.15) is 37.8 Å². The van der Waals surface area contributed by atoms with Gasteiger partial charge in [0.1, 0.15) is 17.7 Å². The van der Waals surface area contributed by atoms with E-state index < -0.39 is 21.7 Å². The summed E-state index contributed by atoms with van der Waals surface area (Å²) < 4.78 is 39.3. The Balaban J connectivity index is 0.00000420. The number of piperidine rings is 1. The first kappa shape index (κ1) is 36.2. The van der Waals surface area contributed by atoms with E-state index in [1.54, 1.807) is 62.4 Å². The molecule has 1 fully saturated rings. The number of amidine groups is 2. The number of carbonyl (C=O) groups excluding carboxylic acids is 1. The number of nitrogens with one attached hydrogen (secondary N) is 2. The molecule has 2 aromatic rings. The maximum atomic E-state index is 13.3. The maximum absolute atomic E-state index is 13.3. The van der Waals surface area contributed by atoms with E-state index in [1.807, 2.05) is 11.0 Å². The molecule has 1 saturated heterocycles. The van der Waals surface area contributed by atoms with Gasteiger partial charge in [0.15, 0.2) is 5.75 Å². The summed E-state index contributed by atoms with van der Waals surface area (Å²) in [5.74, 6) is -0.556. The van der Waals surface area contributed by atoms with Crippen LogP contribution in [0.25, 0.3) is 6.08 Å². The van der Waals surface area contributed by atoms with Crippen LogP contribution in [-0.4, -0.2) is 69.1 Å². The number of ether oxygens (including phenoxy) is 2. The summed E-state index contributed by atoms with van der Waals surface area (Å²) in [6.07, 6.45) is 4.94. The molecule has 1 aliphatic rings. The number of sulfonamides is 1. The van der Waals surface area contributed by atoms with Crippen molar-refractivity contribution in [3.05, 3.63) is 64.1 Å². The van der Waals surface area contributed by atoms with Crippen LogP contribution in [-0.2, 0) is 19.6 Å². The lowest BCUT2D eigenvalue weighted by molar-refractivity contribution is -0.139. The molecule has 0 aliphatic carbocycles. The Morgan fingerprint density at radius 1 is 1.17 bits per heavy atom.